The lowest BCUT2D eigenvalue weighted by molar-refractivity contribution is -0.130. The molecule has 0 radical (unpaired) electrons. The van der Waals surface area contributed by atoms with Gasteiger partial charge in [-0.15, -0.1) is 0 Å². The van der Waals surface area contributed by atoms with E-state index in [0.717, 1.165) is 25.8 Å². The fraction of sp³-hybridized carbons (Fsp3) is 0.929. The summed E-state index contributed by atoms with van der Waals surface area (Å²) < 4.78 is 0. The van der Waals surface area contributed by atoms with Crippen molar-refractivity contribution in [2.24, 2.45) is 5.92 Å². The fourth-order valence-corrected chi connectivity index (χ4v) is 3.01. The number of hydrogen-bond acceptors (Lipinski definition) is 3. The van der Waals surface area contributed by atoms with Crippen molar-refractivity contribution in [1.29, 1.82) is 0 Å². The molecule has 1 aliphatic rings. The first-order valence-electron chi connectivity index (χ1n) is 7.15. The Labute approximate surface area is 116 Å². The molecule has 1 heterocycles. The molecular formula is C14H28N2OS. The van der Waals surface area contributed by atoms with Gasteiger partial charge in [-0.1, -0.05) is 20.8 Å². The zero-order chi connectivity index (χ0) is 13.5. The third kappa shape index (κ3) is 4.47. The van der Waals surface area contributed by atoms with Crippen LogP contribution in [0.2, 0.25) is 0 Å². The molecule has 0 aromatic rings. The number of amides is 1. The summed E-state index contributed by atoms with van der Waals surface area (Å²) in [5.41, 5.74) is 0. The molecule has 1 aliphatic heterocycles. The summed E-state index contributed by atoms with van der Waals surface area (Å²) >= 11 is 1.88. The maximum absolute atomic E-state index is 12.3. The van der Waals surface area contributed by atoms with Gasteiger partial charge in [0.2, 0.25) is 5.91 Å². The SMILES string of the molecule is CCC1NC(CC(C)C)C(=O)N1CCCCSC. The molecular weight excluding hydrogens is 244 g/mol. The Balaban J connectivity index is 2.46. The van der Waals surface area contributed by atoms with E-state index in [1.807, 2.05) is 11.8 Å². The lowest BCUT2D eigenvalue weighted by atomic mass is 10.0. The van der Waals surface area contributed by atoms with Crippen LogP contribution >= 0.6 is 11.8 Å². The molecule has 1 fully saturated rings. The molecule has 106 valence electrons. The van der Waals surface area contributed by atoms with E-state index in [9.17, 15) is 4.79 Å². The highest BCUT2D eigenvalue weighted by Gasteiger charge is 2.37. The number of hydrogen-bond donors (Lipinski definition) is 1. The number of carbonyl (C=O) groups excluding carboxylic acids is 1. The van der Waals surface area contributed by atoms with Gasteiger partial charge in [-0.3, -0.25) is 10.1 Å². The van der Waals surface area contributed by atoms with Crippen LogP contribution in [0.3, 0.4) is 0 Å². The Hall–Kier alpha value is -0.220. The first-order chi connectivity index (χ1) is 8.60. The van der Waals surface area contributed by atoms with Crippen molar-refractivity contribution in [2.75, 3.05) is 18.6 Å². The summed E-state index contributed by atoms with van der Waals surface area (Å²) in [7, 11) is 0. The van der Waals surface area contributed by atoms with Crippen LogP contribution < -0.4 is 5.32 Å². The summed E-state index contributed by atoms with van der Waals surface area (Å²) in [4.78, 5) is 14.4. The second kappa shape index (κ2) is 8.05. The van der Waals surface area contributed by atoms with Crippen molar-refractivity contribution in [3.8, 4) is 0 Å². The van der Waals surface area contributed by atoms with E-state index >= 15 is 0 Å². The second-order valence-corrected chi connectivity index (χ2v) is 6.49. The van der Waals surface area contributed by atoms with Crippen molar-refractivity contribution < 1.29 is 4.79 Å². The molecule has 0 spiro atoms. The van der Waals surface area contributed by atoms with Gasteiger partial charge < -0.3 is 4.90 Å². The Morgan fingerprint density at radius 2 is 2.11 bits per heavy atom. The molecule has 0 bridgehead atoms. The molecule has 1 amide bonds. The molecule has 0 aromatic carbocycles. The van der Waals surface area contributed by atoms with Gasteiger partial charge in [-0.2, -0.15) is 11.8 Å². The summed E-state index contributed by atoms with van der Waals surface area (Å²) in [6.45, 7) is 7.42. The molecule has 1 rings (SSSR count). The van der Waals surface area contributed by atoms with Crippen LogP contribution in [0.1, 0.15) is 46.5 Å². The van der Waals surface area contributed by atoms with Crippen LogP contribution in [0.5, 0.6) is 0 Å². The minimum Gasteiger partial charge on any atom is -0.326 e. The van der Waals surface area contributed by atoms with Crippen molar-refractivity contribution >= 4 is 17.7 Å². The Bertz CT molecular complexity index is 258. The topological polar surface area (TPSA) is 32.3 Å². The fourth-order valence-electron chi connectivity index (χ4n) is 2.52. The molecule has 0 aliphatic carbocycles. The molecule has 0 aromatic heterocycles. The highest BCUT2D eigenvalue weighted by Crippen LogP contribution is 2.19. The van der Waals surface area contributed by atoms with Crippen LogP contribution in [0.25, 0.3) is 0 Å². The van der Waals surface area contributed by atoms with Crippen LogP contribution in [0.4, 0.5) is 0 Å². The molecule has 18 heavy (non-hydrogen) atoms. The minimum atomic E-state index is 0.0514. The monoisotopic (exact) mass is 272 g/mol. The van der Waals surface area contributed by atoms with Crippen molar-refractivity contribution in [3.05, 3.63) is 0 Å². The quantitative estimate of drug-likeness (QED) is 0.690. The number of nitrogens with one attached hydrogen (secondary N) is 1. The van der Waals surface area contributed by atoms with Crippen LogP contribution in [0.15, 0.2) is 0 Å². The van der Waals surface area contributed by atoms with E-state index in [2.05, 4.69) is 37.2 Å². The third-order valence-electron chi connectivity index (χ3n) is 3.44. The Morgan fingerprint density at radius 1 is 1.39 bits per heavy atom. The molecule has 3 nitrogen and oxygen atoms in total. The maximum Gasteiger partial charge on any atom is 0.241 e. The Kier molecular flexibility index (Phi) is 7.08. The average Bonchev–Trinajstić information content (AvgIpc) is 2.62. The zero-order valence-electron chi connectivity index (χ0n) is 12.2. The van der Waals surface area contributed by atoms with E-state index < -0.39 is 0 Å². The standard InChI is InChI=1S/C14H28N2OS/c1-5-13-15-12(10-11(2)3)14(17)16(13)8-6-7-9-18-4/h11-13,15H,5-10H2,1-4H3. The molecule has 1 saturated heterocycles. The minimum absolute atomic E-state index is 0.0514. The summed E-state index contributed by atoms with van der Waals surface area (Å²) in [5, 5.41) is 3.48. The van der Waals surface area contributed by atoms with Crippen LogP contribution in [0, 0.1) is 5.92 Å². The predicted molar refractivity (Wildman–Crippen MR) is 79.8 cm³/mol. The number of carbonyl (C=O) groups is 1. The molecule has 2 atom stereocenters. The summed E-state index contributed by atoms with van der Waals surface area (Å²) in [6, 6.07) is 0.0514. The predicted octanol–water partition coefficient (Wildman–Crippen LogP) is 2.71. The van der Waals surface area contributed by atoms with Crippen molar-refractivity contribution in [3.63, 3.8) is 0 Å². The van der Waals surface area contributed by atoms with E-state index in [-0.39, 0.29) is 12.2 Å². The number of nitrogens with zero attached hydrogens (tertiary/aromatic N) is 1. The van der Waals surface area contributed by atoms with Gasteiger partial charge in [0.1, 0.15) is 0 Å². The van der Waals surface area contributed by atoms with Crippen LogP contribution in [-0.2, 0) is 4.79 Å². The number of thioether (sulfide) groups is 1. The van der Waals surface area contributed by atoms with Gasteiger partial charge >= 0.3 is 0 Å². The lowest BCUT2D eigenvalue weighted by Crippen LogP contribution is -2.37. The lowest BCUT2D eigenvalue weighted by Gasteiger charge is -2.22. The average molecular weight is 272 g/mol. The van der Waals surface area contributed by atoms with E-state index in [1.54, 1.807) is 0 Å². The van der Waals surface area contributed by atoms with Crippen LogP contribution in [-0.4, -0.2) is 41.6 Å². The van der Waals surface area contributed by atoms with Crippen molar-refractivity contribution in [1.82, 2.24) is 10.2 Å². The molecule has 1 N–H and O–H groups in total. The molecule has 2 unspecified atom stereocenters. The molecule has 0 saturated carbocycles. The van der Waals surface area contributed by atoms with E-state index in [0.29, 0.717) is 11.8 Å². The van der Waals surface area contributed by atoms with E-state index in [4.69, 9.17) is 0 Å². The highest BCUT2D eigenvalue weighted by atomic mass is 32.2. The van der Waals surface area contributed by atoms with E-state index in [1.165, 1.54) is 12.2 Å². The first kappa shape index (κ1) is 15.8. The maximum atomic E-state index is 12.3. The van der Waals surface area contributed by atoms with Gasteiger partial charge in [0.25, 0.3) is 0 Å². The second-order valence-electron chi connectivity index (χ2n) is 5.50. The normalized spacial score (nSPS) is 24.3. The van der Waals surface area contributed by atoms with Gasteiger partial charge in [0.05, 0.1) is 12.2 Å². The first-order valence-corrected chi connectivity index (χ1v) is 8.55. The Morgan fingerprint density at radius 3 is 2.67 bits per heavy atom. The third-order valence-corrected chi connectivity index (χ3v) is 4.14. The highest BCUT2D eigenvalue weighted by molar-refractivity contribution is 7.98. The van der Waals surface area contributed by atoms with Gasteiger partial charge in [-0.05, 0) is 43.6 Å². The largest absolute Gasteiger partial charge is 0.326 e. The van der Waals surface area contributed by atoms with Gasteiger partial charge in [-0.25, -0.2) is 0 Å². The van der Waals surface area contributed by atoms with Crippen molar-refractivity contribution in [2.45, 2.75) is 58.7 Å². The summed E-state index contributed by atoms with van der Waals surface area (Å²) in [6.07, 6.45) is 6.68. The smallest absolute Gasteiger partial charge is 0.241 e. The summed E-state index contributed by atoms with van der Waals surface area (Å²) in [5.74, 6) is 2.09. The molecule has 4 heteroatoms. The van der Waals surface area contributed by atoms with Gasteiger partial charge in [0.15, 0.2) is 0 Å². The zero-order valence-corrected chi connectivity index (χ0v) is 13.1. The number of rotatable bonds is 8. The van der Waals surface area contributed by atoms with Gasteiger partial charge in [0, 0.05) is 6.54 Å². The number of unbranched alkanes of at least 4 members (excludes halogenated alkanes) is 1.